The Hall–Kier alpha value is -0.550. The normalized spacial score (nSPS) is 28.5. The molecule has 0 radical (unpaired) electrons. The summed E-state index contributed by atoms with van der Waals surface area (Å²) >= 11 is 3.21. The number of carbonyl (C=O) groups excluding carboxylic acids is 1. The Kier molecular flexibility index (Phi) is 4.45. The summed E-state index contributed by atoms with van der Waals surface area (Å²) in [6, 6.07) is 0.130. The van der Waals surface area contributed by atoms with Crippen molar-refractivity contribution >= 4 is 22.0 Å². The molecule has 1 saturated heterocycles. The Morgan fingerprint density at radius 2 is 2.18 bits per heavy atom. The lowest BCUT2D eigenvalue weighted by atomic mass is 10.0. The van der Waals surface area contributed by atoms with Crippen molar-refractivity contribution in [2.45, 2.75) is 37.8 Å². The van der Waals surface area contributed by atoms with Crippen molar-refractivity contribution in [1.82, 2.24) is 10.6 Å². The molecule has 0 aromatic carbocycles. The predicted octanol–water partition coefficient (Wildman–Crippen LogP) is 2.15. The molecule has 0 aromatic heterocycles. The first-order valence-corrected chi connectivity index (χ1v) is 6.93. The van der Waals surface area contributed by atoms with Gasteiger partial charge in [0, 0.05) is 17.1 Å². The van der Waals surface area contributed by atoms with Crippen LogP contribution in [0, 0.1) is 5.92 Å². The fourth-order valence-electron chi connectivity index (χ4n) is 2.17. The summed E-state index contributed by atoms with van der Waals surface area (Å²) in [4.78, 5) is 11.6. The van der Waals surface area contributed by atoms with Crippen molar-refractivity contribution in [2.75, 3.05) is 13.2 Å². The quantitative estimate of drug-likeness (QED) is 0.836. The highest BCUT2D eigenvalue weighted by Crippen LogP contribution is 2.38. The van der Waals surface area contributed by atoms with Crippen LogP contribution in [-0.4, -0.2) is 31.3 Å². The number of ether oxygens (including phenoxy) is 1. The number of hydrogen-bond acceptors (Lipinski definition) is 2. The van der Waals surface area contributed by atoms with E-state index in [0.29, 0.717) is 12.6 Å². The number of carbonyl (C=O) groups is 1. The van der Waals surface area contributed by atoms with Crippen LogP contribution in [0.5, 0.6) is 0 Å². The molecule has 0 bridgehead atoms. The van der Waals surface area contributed by atoms with E-state index in [1.54, 1.807) is 0 Å². The monoisotopic (exact) mass is 302 g/mol. The van der Waals surface area contributed by atoms with E-state index in [2.05, 4.69) is 33.1 Å². The lowest BCUT2D eigenvalue weighted by Gasteiger charge is -2.30. The van der Waals surface area contributed by atoms with Crippen molar-refractivity contribution in [1.29, 1.82) is 0 Å². The van der Waals surface area contributed by atoms with Crippen LogP contribution in [0.4, 0.5) is 4.79 Å². The Balaban J connectivity index is 1.70. The standard InChI is InChI=1S/C12H19BrN2O2/c1-8(13)7-14-12(16)15-10-4-5-17-11(6-10)9-2-3-9/h9-11H,1-7H2,(H2,14,15,16)/t10-,11+/m1/s1. The van der Waals surface area contributed by atoms with Crippen LogP contribution >= 0.6 is 15.9 Å². The number of urea groups is 1. The van der Waals surface area contributed by atoms with Gasteiger partial charge in [0.15, 0.2) is 0 Å². The molecule has 96 valence electrons. The molecule has 0 unspecified atom stereocenters. The summed E-state index contributed by atoms with van der Waals surface area (Å²) in [7, 11) is 0. The molecular weight excluding hydrogens is 284 g/mol. The van der Waals surface area contributed by atoms with Gasteiger partial charge in [-0.2, -0.15) is 0 Å². The molecule has 2 aliphatic rings. The predicted molar refractivity (Wildman–Crippen MR) is 70.1 cm³/mol. The van der Waals surface area contributed by atoms with E-state index in [9.17, 15) is 4.79 Å². The van der Waals surface area contributed by atoms with Gasteiger partial charge in [0.2, 0.25) is 0 Å². The van der Waals surface area contributed by atoms with Crippen LogP contribution in [0.25, 0.3) is 0 Å². The number of rotatable bonds is 4. The van der Waals surface area contributed by atoms with Crippen molar-refractivity contribution in [2.24, 2.45) is 5.92 Å². The van der Waals surface area contributed by atoms with Crippen LogP contribution < -0.4 is 10.6 Å². The maximum atomic E-state index is 11.6. The van der Waals surface area contributed by atoms with Gasteiger partial charge in [-0.25, -0.2) is 4.79 Å². The zero-order valence-corrected chi connectivity index (χ0v) is 11.5. The lowest BCUT2D eigenvalue weighted by molar-refractivity contribution is -0.00912. The highest BCUT2D eigenvalue weighted by atomic mass is 79.9. The summed E-state index contributed by atoms with van der Waals surface area (Å²) in [6.07, 6.45) is 4.79. The smallest absolute Gasteiger partial charge is 0.315 e. The molecule has 1 heterocycles. The minimum Gasteiger partial charge on any atom is -0.378 e. The van der Waals surface area contributed by atoms with E-state index in [0.717, 1.165) is 29.8 Å². The van der Waals surface area contributed by atoms with Gasteiger partial charge in [-0.05, 0) is 31.6 Å². The highest BCUT2D eigenvalue weighted by Gasteiger charge is 2.36. The molecule has 2 fully saturated rings. The Labute approximate surface area is 110 Å². The second kappa shape index (κ2) is 5.87. The summed E-state index contributed by atoms with van der Waals surface area (Å²) in [5.74, 6) is 0.741. The van der Waals surface area contributed by atoms with Crippen LogP contribution in [0.15, 0.2) is 11.1 Å². The van der Waals surface area contributed by atoms with Crippen molar-refractivity contribution < 1.29 is 9.53 Å². The van der Waals surface area contributed by atoms with Crippen molar-refractivity contribution in [3.8, 4) is 0 Å². The molecule has 2 atom stereocenters. The fraction of sp³-hybridized carbons (Fsp3) is 0.750. The minimum absolute atomic E-state index is 0.118. The maximum absolute atomic E-state index is 11.6. The highest BCUT2D eigenvalue weighted by molar-refractivity contribution is 9.11. The average Bonchev–Trinajstić information content (AvgIpc) is 3.10. The van der Waals surface area contributed by atoms with Crippen LogP contribution in [0.3, 0.4) is 0 Å². The number of nitrogens with one attached hydrogen (secondary N) is 2. The van der Waals surface area contributed by atoms with Gasteiger partial charge in [-0.3, -0.25) is 0 Å². The van der Waals surface area contributed by atoms with Crippen molar-refractivity contribution in [3.05, 3.63) is 11.1 Å². The van der Waals surface area contributed by atoms with Gasteiger partial charge in [0.1, 0.15) is 0 Å². The molecule has 5 heteroatoms. The van der Waals surface area contributed by atoms with Crippen LogP contribution in [0.1, 0.15) is 25.7 Å². The van der Waals surface area contributed by atoms with Crippen LogP contribution in [-0.2, 0) is 4.74 Å². The van der Waals surface area contributed by atoms with Crippen molar-refractivity contribution in [3.63, 3.8) is 0 Å². The van der Waals surface area contributed by atoms with E-state index in [-0.39, 0.29) is 12.1 Å². The Morgan fingerprint density at radius 3 is 2.82 bits per heavy atom. The number of hydrogen-bond donors (Lipinski definition) is 2. The molecule has 17 heavy (non-hydrogen) atoms. The van der Waals surface area contributed by atoms with E-state index in [4.69, 9.17) is 4.74 Å². The summed E-state index contributed by atoms with van der Waals surface area (Å²) in [5.41, 5.74) is 0. The largest absolute Gasteiger partial charge is 0.378 e. The zero-order valence-electron chi connectivity index (χ0n) is 9.88. The van der Waals surface area contributed by atoms with E-state index in [1.807, 2.05) is 0 Å². The first-order valence-electron chi connectivity index (χ1n) is 6.14. The SMILES string of the molecule is C=C(Br)CNC(=O)N[C@@H]1CCO[C@H](C2CC2)C1. The van der Waals surface area contributed by atoms with Gasteiger partial charge in [0.25, 0.3) is 0 Å². The van der Waals surface area contributed by atoms with Gasteiger partial charge in [0.05, 0.1) is 12.6 Å². The average molecular weight is 303 g/mol. The van der Waals surface area contributed by atoms with Gasteiger partial charge in [-0.15, -0.1) is 0 Å². The zero-order chi connectivity index (χ0) is 12.3. The molecule has 1 aliphatic carbocycles. The first kappa shape index (κ1) is 12.9. The molecule has 2 amide bonds. The molecule has 0 aromatic rings. The molecule has 2 N–H and O–H groups in total. The second-order valence-electron chi connectivity index (χ2n) is 4.81. The summed E-state index contributed by atoms with van der Waals surface area (Å²) in [5, 5.41) is 5.75. The third-order valence-electron chi connectivity index (χ3n) is 3.24. The summed E-state index contributed by atoms with van der Waals surface area (Å²) < 4.78 is 6.49. The van der Waals surface area contributed by atoms with E-state index < -0.39 is 0 Å². The first-order chi connectivity index (χ1) is 8.15. The topological polar surface area (TPSA) is 50.4 Å². The van der Waals surface area contributed by atoms with Gasteiger partial charge < -0.3 is 15.4 Å². The molecule has 2 rings (SSSR count). The third-order valence-corrected chi connectivity index (χ3v) is 3.52. The third kappa shape index (κ3) is 4.32. The fourth-order valence-corrected chi connectivity index (χ4v) is 2.31. The number of amides is 2. The van der Waals surface area contributed by atoms with E-state index >= 15 is 0 Å². The lowest BCUT2D eigenvalue weighted by Crippen LogP contribution is -2.46. The molecule has 1 saturated carbocycles. The molecular formula is C12H19BrN2O2. The maximum Gasteiger partial charge on any atom is 0.315 e. The molecule has 4 nitrogen and oxygen atoms in total. The van der Waals surface area contributed by atoms with Gasteiger partial charge in [-0.1, -0.05) is 22.5 Å². The number of halogens is 1. The van der Waals surface area contributed by atoms with Crippen LogP contribution in [0.2, 0.25) is 0 Å². The van der Waals surface area contributed by atoms with E-state index in [1.165, 1.54) is 12.8 Å². The Bertz CT molecular complexity index is 305. The summed E-state index contributed by atoms with van der Waals surface area (Å²) in [6.45, 7) is 4.89. The van der Waals surface area contributed by atoms with Gasteiger partial charge >= 0.3 is 6.03 Å². The molecule has 1 aliphatic heterocycles. The molecule has 0 spiro atoms. The Morgan fingerprint density at radius 1 is 1.41 bits per heavy atom. The minimum atomic E-state index is -0.118. The second-order valence-corrected chi connectivity index (χ2v) is 5.93.